The molecule has 0 amide bonds. The Kier molecular flexibility index (Phi) is 3.90. The van der Waals surface area contributed by atoms with E-state index >= 15 is 0 Å². The van der Waals surface area contributed by atoms with Gasteiger partial charge in [-0.3, -0.25) is 0 Å². The molecule has 2 aromatic carbocycles. The molecule has 90 valence electrons. The zero-order chi connectivity index (χ0) is 13.1. The molecule has 0 aliphatic heterocycles. The Balaban J connectivity index is 2.31. The summed E-state index contributed by atoms with van der Waals surface area (Å²) in [7, 11) is 0. The maximum Gasteiger partial charge on any atom is 0.0992 e. The number of rotatable bonds is 2. The van der Waals surface area contributed by atoms with Gasteiger partial charge in [0.25, 0.3) is 0 Å². The topological polar surface area (TPSA) is 35.8 Å². The van der Waals surface area contributed by atoms with Crippen LogP contribution in [0.5, 0.6) is 0 Å². The maximum absolute atomic E-state index is 8.78. The molecule has 0 saturated carbocycles. The number of nitrogens with zero attached hydrogens (tertiary/aromatic N) is 1. The fourth-order valence-corrected chi connectivity index (χ4v) is 2.49. The molecule has 0 atom stereocenters. The third kappa shape index (κ3) is 3.04. The molecule has 2 nitrogen and oxygen atoms in total. The van der Waals surface area contributed by atoms with Crippen molar-refractivity contribution < 1.29 is 0 Å². The Labute approximate surface area is 119 Å². The molecule has 0 spiro atoms. The summed E-state index contributed by atoms with van der Waals surface area (Å²) < 4.78 is 1.01. The summed E-state index contributed by atoms with van der Waals surface area (Å²) in [6.45, 7) is 2.02. The molecule has 0 aliphatic rings. The van der Waals surface area contributed by atoms with Crippen molar-refractivity contribution in [2.45, 2.75) is 6.92 Å². The van der Waals surface area contributed by atoms with Gasteiger partial charge in [-0.05, 0) is 48.9 Å². The number of nitrogens with one attached hydrogen (secondary N) is 1. The SMILES string of the molecule is Cc1cc(Br)cc(Nc2ccc(C#N)cc2Cl)c1. The van der Waals surface area contributed by atoms with Gasteiger partial charge in [0.05, 0.1) is 22.3 Å². The van der Waals surface area contributed by atoms with Crippen LogP contribution in [0.2, 0.25) is 5.02 Å². The van der Waals surface area contributed by atoms with E-state index < -0.39 is 0 Å². The molecule has 0 saturated heterocycles. The number of anilines is 2. The molecule has 18 heavy (non-hydrogen) atoms. The second kappa shape index (κ2) is 5.43. The van der Waals surface area contributed by atoms with Crippen molar-refractivity contribution in [1.82, 2.24) is 0 Å². The summed E-state index contributed by atoms with van der Waals surface area (Å²) in [5, 5.41) is 12.5. The number of hydrogen-bond acceptors (Lipinski definition) is 2. The lowest BCUT2D eigenvalue weighted by molar-refractivity contribution is 1.43. The maximum atomic E-state index is 8.78. The van der Waals surface area contributed by atoms with Crippen LogP contribution in [-0.4, -0.2) is 0 Å². The van der Waals surface area contributed by atoms with Crippen LogP contribution in [0.15, 0.2) is 40.9 Å². The van der Waals surface area contributed by atoms with Crippen molar-refractivity contribution in [2.24, 2.45) is 0 Å². The zero-order valence-corrected chi connectivity index (χ0v) is 12.0. The van der Waals surface area contributed by atoms with Gasteiger partial charge in [0.15, 0.2) is 0 Å². The first-order chi connectivity index (χ1) is 8.58. The van der Waals surface area contributed by atoms with Gasteiger partial charge in [-0.2, -0.15) is 5.26 Å². The number of nitriles is 1. The first kappa shape index (κ1) is 12.9. The first-order valence-corrected chi connectivity index (χ1v) is 6.49. The molecule has 0 aromatic heterocycles. The molecule has 0 fully saturated rings. The fraction of sp³-hybridized carbons (Fsp3) is 0.0714. The van der Waals surface area contributed by atoms with Crippen molar-refractivity contribution >= 4 is 38.9 Å². The Morgan fingerprint density at radius 2 is 2.00 bits per heavy atom. The van der Waals surface area contributed by atoms with E-state index in [0.29, 0.717) is 10.6 Å². The lowest BCUT2D eigenvalue weighted by Crippen LogP contribution is -1.92. The summed E-state index contributed by atoms with van der Waals surface area (Å²) in [5.41, 5.74) is 3.44. The van der Waals surface area contributed by atoms with Crippen molar-refractivity contribution in [1.29, 1.82) is 5.26 Å². The molecular weight excluding hydrogens is 312 g/mol. The second-order valence-corrected chi connectivity index (χ2v) is 5.27. The van der Waals surface area contributed by atoms with Crippen LogP contribution in [0.25, 0.3) is 0 Å². The lowest BCUT2D eigenvalue weighted by atomic mass is 10.2. The van der Waals surface area contributed by atoms with Crippen molar-refractivity contribution in [3.05, 3.63) is 57.0 Å². The molecule has 2 aromatic rings. The van der Waals surface area contributed by atoms with Gasteiger partial charge in [-0.25, -0.2) is 0 Å². The molecular formula is C14H10BrClN2. The quantitative estimate of drug-likeness (QED) is 0.842. The van der Waals surface area contributed by atoms with E-state index in [4.69, 9.17) is 16.9 Å². The summed E-state index contributed by atoms with van der Waals surface area (Å²) in [5.74, 6) is 0. The Bertz CT molecular complexity index is 612. The number of halogens is 2. The summed E-state index contributed by atoms with van der Waals surface area (Å²) in [6, 6.07) is 13.3. The van der Waals surface area contributed by atoms with E-state index in [9.17, 15) is 0 Å². The highest BCUT2D eigenvalue weighted by atomic mass is 79.9. The first-order valence-electron chi connectivity index (χ1n) is 5.32. The van der Waals surface area contributed by atoms with Crippen LogP contribution < -0.4 is 5.32 Å². The highest BCUT2D eigenvalue weighted by Crippen LogP contribution is 2.28. The Morgan fingerprint density at radius 1 is 1.22 bits per heavy atom. The standard InChI is InChI=1S/C14H10BrClN2/c1-9-4-11(15)7-12(5-9)18-14-3-2-10(8-17)6-13(14)16/h2-7,18H,1H3. The minimum Gasteiger partial charge on any atom is -0.354 e. The van der Waals surface area contributed by atoms with Gasteiger partial charge in [0.1, 0.15) is 0 Å². The Hall–Kier alpha value is -1.50. The van der Waals surface area contributed by atoms with Crippen molar-refractivity contribution in [2.75, 3.05) is 5.32 Å². The molecule has 0 aliphatic carbocycles. The largest absolute Gasteiger partial charge is 0.354 e. The van der Waals surface area contributed by atoms with Gasteiger partial charge in [-0.1, -0.05) is 27.5 Å². The molecule has 4 heteroatoms. The van der Waals surface area contributed by atoms with E-state index in [1.807, 2.05) is 25.1 Å². The normalized spacial score (nSPS) is 9.89. The highest BCUT2D eigenvalue weighted by Gasteiger charge is 2.03. The van der Waals surface area contributed by atoms with Gasteiger partial charge in [0.2, 0.25) is 0 Å². The van der Waals surface area contributed by atoms with E-state index in [-0.39, 0.29) is 0 Å². The predicted molar refractivity (Wildman–Crippen MR) is 78.3 cm³/mol. The van der Waals surface area contributed by atoms with E-state index in [0.717, 1.165) is 21.4 Å². The third-order valence-corrected chi connectivity index (χ3v) is 3.19. The predicted octanol–water partition coefficient (Wildman–Crippen LogP) is 5.03. The summed E-state index contributed by atoms with van der Waals surface area (Å²) >= 11 is 9.56. The van der Waals surface area contributed by atoms with Gasteiger partial charge >= 0.3 is 0 Å². The smallest absolute Gasteiger partial charge is 0.0992 e. The molecule has 1 N–H and O–H groups in total. The number of benzene rings is 2. The molecule has 0 heterocycles. The van der Waals surface area contributed by atoms with Crippen LogP contribution in [-0.2, 0) is 0 Å². The van der Waals surface area contributed by atoms with E-state index in [1.54, 1.807) is 18.2 Å². The molecule has 0 bridgehead atoms. The minimum absolute atomic E-state index is 0.534. The lowest BCUT2D eigenvalue weighted by Gasteiger charge is -2.10. The van der Waals surface area contributed by atoms with Crippen LogP contribution in [0.1, 0.15) is 11.1 Å². The van der Waals surface area contributed by atoms with Gasteiger partial charge in [0, 0.05) is 10.2 Å². The van der Waals surface area contributed by atoms with Crippen LogP contribution in [0.4, 0.5) is 11.4 Å². The summed E-state index contributed by atoms with van der Waals surface area (Å²) in [6.07, 6.45) is 0. The fourth-order valence-electron chi connectivity index (χ4n) is 1.65. The average Bonchev–Trinajstić information content (AvgIpc) is 2.30. The van der Waals surface area contributed by atoms with Crippen LogP contribution >= 0.6 is 27.5 Å². The minimum atomic E-state index is 0.534. The number of hydrogen-bond donors (Lipinski definition) is 1. The average molecular weight is 322 g/mol. The molecule has 0 unspecified atom stereocenters. The molecule has 0 radical (unpaired) electrons. The van der Waals surface area contributed by atoms with Gasteiger partial charge < -0.3 is 5.32 Å². The second-order valence-electron chi connectivity index (χ2n) is 3.95. The van der Waals surface area contributed by atoms with E-state index in [1.165, 1.54) is 0 Å². The zero-order valence-electron chi connectivity index (χ0n) is 9.67. The highest BCUT2D eigenvalue weighted by molar-refractivity contribution is 9.10. The molecule has 2 rings (SSSR count). The van der Waals surface area contributed by atoms with Crippen LogP contribution in [0, 0.1) is 18.3 Å². The summed E-state index contributed by atoms with van der Waals surface area (Å²) in [4.78, 5) is 0. The Morgan fingerprint density at radius 3 is 2.61 bits per heavy atom. The number of aryl methyl sites for hydroxylation is 1. The van der Waals surface area contributed by atoms with E-state index in [2.05, 4.69) is 27.3 Å². The van der Waals surface area contributed by atoms with Crippen LogP contribution in [0.3, 0.4) is 0 Å². The third-order valence-electron chi connectivity index (χ3n) is 2.42. The van der Waals surface area contributed by atoms with Crippen molar-refractivity contribution in [3.63, 3.8) is 0 Å². The van der Waals surface area contributed by atoms with Crippen molar-refractivity contribution in [3.8, 4) is 6.07 Å². The monoisotopic (exact) mass is 320 g/mol. The van der Waals surface area contributed by atoms with Gasteiger partial charge in [-0.15, -0.1) is 0 Å².